The van der Waals surface area contributed by atoms with E-state index in [0.717, 1.165) is 0 Å². The first-order chi connectivity index (χ1) is 6.09. The van der Waals surface area contributed by atoms with Gasteiger partial charge in [0.2, 0.25) is 0 Å². The average Bonchev–Trinajstić information content (AvgIpc) is 2.14. The van der Waals surface area contributed by atoms with Crippen LogP contribution in [-0.2, 0) is 4.74 Å². The van der Waals surface area contributed by atoms with E-state index in [-0.39, 0.29) is 5.69 Å². The molecule has 0 aromatic heterocycles. The second-order valence-electron chi connectivity index (χ2n) is 2.77. The molecule has 1 aromatic rings. The molecule has 72 valence electrons. The van der Waals surface area contributed by atoms with Gasteiger partial charge in [0.25, 0.3) is 10.9 Å². The van der Waals surface area contributed by atoms with Gasteiger partial charge in [0, 0.05) is 20.7 Å². The van der Waals surface area contributed by atoms with E-state index in [0.29, 0.717) is 13.2 Å². The summed E-state index contributed by atoms with van der Waals surface area (Å²) in [5.74, 6) is -0.441. The van der Waals surface area contributed by atoms with Gasteiger partial charge in [-0.1, -0.05) is 0 Å². The zero-order valence-electron chi connectivity index (χ0n) is 7.53. The van der Waals surface area contributed by atoms with Crippen LogP contribution >= 0.6 is 0 Å². The third kappa shape index (κ3) is 1.55. The molecule has 0 spiro atoms. The maximum atomic E-state index is 10.9. The Labute approximate surface area is 74.9 Å². The van der Waals surface area contributed by atoms with E-state index >= 15 is 0 Å². The van der Waals surface area contributed by atoms with Gasteiger partial charge >= 0.3 is 0 Å². The molecular weight excluding hydrogens is 174 g/mol. The van der Waals surface area contributed by atoms with Crippen molar-refractivity contribution >= 4 is 5.69 Å². The van der Waals surface area contributed by atoms with Crippen LogP contribution in [0.2, 0.25) is 0 Å². The summed E-state index contributed by atoms with van der Waals surface area (Å²) in [7, 11) is 3.16. The topological polar surface area (TPSA) is 66.8 Å². The number of anilines is 1. The predicted molar refractivity (Wildman–Crippen MR) is 48.2 cm³/mol. The molecule has 1 N–H and O–H groups in total. The van der Waals surface area contributed by atoms with Crippen LogP contribution in [0.15, 0.2) is 9.59 Å². The van der Waals surface area contributed by atoms with E-state index in [4.69, 9.17) is 9.84 Å². The summed E-state index contributed by atoms with van der Waals surface area (Å²) in [4.78, 5) is 23.1. The number of rotatable bonds is 4. The van der Waals surface area contributed by atoms with E-state index in [1.54, 1.807) is 7.05 Å². The van der Waals surface area contributed by atoms with Gasteiger partial charge in [-0.3, -0.25) is 9.59 Å². The smallest absolute Gasteiger partial charge is 0.271 e. The summed E-state index contributed by atoms with van der Waals surface area (Å²) in [5.41, 5.74) is -1.35. The average molecular weight is 185 g/mol. The largest absolute Gasteiger partial charge is 0.502 e. The summed E-state index contributed by atoms with van der Waals surface area (Å²) in [5, 5.41) is 9.04. The monoisotopic (exact) mass is 185 g/mol. The van der Waals surface area contributed by atoms with E-state index in [1.807, 2.05) is 0 Å². The fourth-order valence-electron chi connectivity index (χ4n) is 1.06. The zero-order chi connectivity index (χ0) is 10.0. The molecule has 0 unspecified atom stereocenters. The molecular formula is C8H11NO4. The third-order valence-corrected chi connectivity index (χ3v) is 1.87. The molecule has 0 aliphatic heterocycles. The van der Waals surface area contributed by atoms with Crippen LogP contribution in [-0.4, -0.2) is 32.4 Å². The van der Waals surface area contributed by atoms with Crippen molar-refractivity contribution in [2.75, 3.05) is 32.2 Å². The highest BCUT2D eigenvalue weighted by Gasteiger charge is 2.22. The summed E-state index contributed by atoms with van der Waals surface area (Å²) in [6, 6.07) is 0. The zero-order valence-corrected chi connectivity index (χ0v) is 7.53. The minimum atomic E-state index is -0.806. The molecule has 0 aliphatic carbocycles. The van der Waals surface area contributed by atoms with Crippen molar-refractivity contribution in [2.24, 2.45) is 0 Å². The first-order valence-corrected chi connectivity index (χ1v) is 3.82. The van der Waals surface area contributed by atoms with Crippen LogP contribution in [0.1, 0.15) is 0 Å². The molecule has 5 heteroatoms. The number of hydrogen-bond acceptors (Lipinski definition) is 5. The molecule has 0 atom stereocenters. The van der Waals surface area contributed by atoms with Crippen LogP contribution in [0, 0.1) is 0 Å². The second-order valence-corrected chi connectivity index (χ2v) is 2.77. The Morgan fingerprint density at radius 2 is 2.00 bits per heavy atom. The van der Waals surface area contributed by atoms with E-state index in [9.17, 15) is 9.59 Å². The van der Waals surface area contributed by atoms with Crippen LogP contribution in [0.3, 0.4) is 0 Å². The quantitative estimate of drug-likeness (QED) is 0.614. The van der Waals surface area contributed by atoms with Crippen molar-refractivity contribution in [2.45, 2.75) is 0 Å². The van der Waals surface area contributed by atoms with Gasteiger partial charge in [-0.15, -0.1) is 0 Å². The molecule has 1 rings (SSSR count). The molecule has 0 saturated carbocycles. The number of nitrogens with zero attached hydrogens (tertiary/aromatic N) is 1. The molecule has 0 amide bonds. The number of ether oxygens (including phenoxy) is 1. The summed E-state index contributed by atoms with van der Waals surface area (Å²) < 4.78 is 4.79. The normalized spacial score (nSPS) is 10.6. The Balaban J connectivity index is 2.74. The molecule has 5 nitrogen and oxygen atoms in total. The highest BCUT2D eigenvalue weighted by Crippen LogP contribution is 2.18. The van der Waals surface area contributed by atoms with Crippen molar-refractivity contribution < 1.29 is 9.84 Å². The van der Waals surface area contributed by atoms with Crippen molar-refractivity contribution in [3.8, 4) is 5.75 Å². The lowest BCUT2D eigenvalue weighted by Crippen LogP contribution is -2.39. The summed E-state index contributed by atoms with van der Waals surface area (Å²) >= 11 is 0. The number of methoxy groups -OCH3 is 1. The van der Waals surface area contributed by atoms with Gasteiger partial charge in [0.1, 0.15) is 5.69 Å². The molecule has 0 radical (unpaired) electrons. The Bertz CT molecular complexity index is 364. The van der Waals surface area contributed by atoms with Gasteiger partial charge in [-0.2, -0.15) is 0 Å². The molecule has 0 bridgehead atoms. The van der Waals surface area contributed by atoms with Crippen molar-refractivity contribution in [1.29, 1.82) is 0 Å². The maximum absolute atomic E-state index is 10.9. The van der Waals surface area contributed by atoms with Gasteiger partial charge in [-0.05, 0) is 0 Å². The number of likely N-dealkylation sites (N-methyl/N-ethyl adjacent to an activating group) is 1. The van der Waals surface area contributed by atoms with Gasteiger partial charge in [-0.25, -0.2) is 0 Å². The van der Waals surface area contributed by atoms with Crippen molar-refractivity contribution in [3.63, 3.8) is 0 Å². The minimum absolute atomic E-state index is 0.0852. The maximum Gasteiger partial charge on any atom is 0.271 e. The SMILES string of the molecule is COCCN(C)c1c(O)c(=O)c1=O. The summed E-state index contributed by atoms with van der Waals surface area (Å²) in [6.07, 6.45) is 0. The summed E-state index contributed by atoms with van der Waals surface area (Å²) in [6.45, 7) is 0.906. The van der Waals surface area contributed by atoms with Gasteiger partial charge in [0.05, 0.1) is 6.61 Å². The lowest BCUT2D eigenvalue weighted by Gasteiger charge is -2.19. The van der Waals surface area contributed by atoms with Crippen LogP contribution in [0.25, 0.3) is 0 Å². The number of aromatic hydroxyl groups is 1. The molecule has 0 aliphatic rings. The van der Waals surface area contributed by atoms with E-state index in [2.05, 4.69) is 0 Å². The van der Waals surface area contributed by atoms with E-state index < -0.39 is 16.6 Å². The van der Waals surface area contributed by atoms with E-state index in [1.165, 1.54) is 12.0 Å². The lowest BCUT2D eigenvalue weighted by atomic mass is 10.2. The minimum Gasteiger partial charge on any atom is -0.502 e. The Hall–Kier alpha value is -1.36. The second kappa shape index (κ2) is 3.57. The molecule has 0 fully saturated rings. The van der Waals surface area contributed by atoms with Gasteiger partial charge in [0.15, 0.2) is 5.75 Å². The lowest BCUT2D eigenvalue weighted by molar-refractivity contribution is 0.206. The third-order valence-electron chi connectivity index (χ3n) is 1.87. The fraction of sp³-hybridized carbons (Fsp3) is 0.500. The molecule has 13 heavy (non-hydrogen) atoms. The first-order valence-electron chi connectivity index (χ1n) is 3.82. The highest BCUT2D eigenvalue weighted by molar-refractivity contribution is 5.62. The standard InChI is InChI=1S/C8H11NO4/c1-9(3-4-13-2)5-6(10)8(12)7(5)11/h10H,3-4H2,1-2H3. The molecule has 0 saturated heterocycles. The molecule has 1 aromatic carbocycles. The van der Waals surface area contributed by atoms with Crippen molar-refractivity contribution in [1.82, 2.24) is 0 Å². The fourth-order valence-corrected chi connectivity index (χ4v) is 1.06. The van der Waals surface area contributed by atoms with Crippen LogP contribution in [0.4, 0.5) is 5.69 Å². The van der Waals surface area contributed by atoms with Crippen LogP contribution in [0.5, 0.6) is 5.75 Å². The van der Waals surface area contributed by atoms with Gasteiger partial charge < -0.3 is 14.7 Å². The Kier molecular flexibility index (Phi) is 2.67. The Morgan fingerprint density at radius 3 is 2.46 bits per heavy atom. The molecule has 0 heterocycles. The van der Waals surface area contributed by atoms with Crippen LogP contribution < -0.4 is 15.8 Å². The predicted octanol–water partition coefficient (Wildman–Crippen LogP) is -0.929. The Morgan fingerprint density at radius 1 is 1.38 bits per heavy atom. The van der Waals surface area contributed by atoms with Crippen molar-refractivity contribution in [3.05, 3.63) is 20.4 Å². The number of hydrogen-bond donors (Lipinski definition) is 1. The first kappa shape index (κ1) is 9.73. The highest BCUT2D eigenvalue weighted by atomic mass is 16.5.